The van der Waals surface area contributed by atoms with Crippen molar-refractivity contribution in [1.82, 2.24) is 20.1 Å². The smallest absolute Gasteiger partial charge is 0.272 e. The van der Waals surface area contributed by atoms with Gasteiger partial charge in [-0.1, -0.05) is 29.8 Å². The largest absolute Gasteiger partial charge is 0.329 e. The van der Waals surface area contributed by atoms with Gasteiger partial charge in [-0.05, 0) is 23.8 Å². The van der Waals surface area contributed by atoms with E-state index in [1.165, 1.54) is 0 Å². The number of nitrogens with one attached hydrogen (secondary N) is 1. The van der Waals surface area contributed by atoms with Gasteiger partial charge in [0.05, 0.1) is 11.7 Å². The summed E-state index contributed by atoms with van der Waals surface area (Å²) in [5.41, 5.74) is 4.06. The van der Waals surface area contributed by atoms with Crippen molar-refractivity contribution in [3.8, 4) is 11.3 Å². The van der Waals surface area contributed by atoms with E-state index in [0.29, 0.717) is 10.7 Å². The van der Waals surface area contributed by atoms with E-state index in [1.807, 2.05) is 36.4 Å². The summed E-state index contributed by atoms with van der Waals surface area (Å²) in [6.45, 7) is 0. The first-order chi connectivity index (χ1) is 11.2. The summed E-state index contributed by atoms with van der Waals surface area (Å²) >= 11 is 5.96. The molecular weight excluding hydrogens is 312 g/mol. The van der Waals surface area contributed by atoms with E-state index in [-0.39, 0.29) is 11.9 Å². The molecule has 1 amide bonds. The molecule has 0 bridgehead atoms. The van der Waals surface area contributed by atoms with Gasteiger partial charge >= 0.3 is 0 Å². The van der Waals surface area contributed by atoms with Crippen molar-refractivity contribution in [2.45, 2.75) is 6.04 Å². The predicted octanol–water partition coefficient (Wildman–Crippen LogP) is 3.30. The monoisotopic (exact) mass is 324 g/mol. The van der Waals surface area contributed by atoms with Crippen molar-refractivity contribution in [2.24, 2.45) is 0 Å². The lowest BCUT2D eigenvalue weighted by molar-refractivity contribution is 0.0787. The first kappa shape index (κ1) is 14.0. The highest BCUT2D eigenvalue weighted by Gasteiger charge is 2.40. The van der Waals surface area contributed by atoms with E-state index in [2.05, 4.69) is 15.2 Å². The lowest BCUT2D eigenvalue weighted by atomic mass is 9.97. The topological polar surface area (TPSA) is 61.9 Å². The summed E-state index contributed by atoms with van der Waals surface area (Å²) in [5.74, 6) is -0.0680. The van der Waals surface area contributed by atoms with E-state index in [0.717, 1.165) is 22.4 Å². The Kier molecular flexibility index (Phi) is 3.16. The number of halogens is 1. The van der Waals surface area contributed by atoms with Gasteiger partial charge in [-0.15, -0.1) is 0 Å². The molecule has 0 fully saturated rings. The minimum atomic E-state index is -0.198. The highest BCUT2D eigenvalue weighted by Crippen LogP contribution is 2.41. The Labute approximate surface area is 137 Å². The maximum Gasteiger partial charge on any atom is 0.272 e. The average Bonchev–Trinajstić information content (AvgIpc) is 3.10. The molecule has 3 aromatic rings. The van der Waals surface area contributed by atoms with Crippen LogP contribution in [0.2, 0.25) is 5.02 Å². The van der Waals surface area contributed by atoms with Crippen LogP contribution in [-0.4, -0.2) is 33.0 Å². The van der Waals surface area contributed by atoms with Gasteiger partial charge in [-0.2, -0.15) is 5.10 Å². The molecule has 1 aromatic carbocycles. The van der Waals surface area contributed by atoms with Crippen molar-refractivity contribution < 1.29 is 4.79 Å². The lowest BCUT2D eigenvalue weighted by Gasteiger charge is -2.21. The van der Waals surface area contributed by atoms with Crippen LogP contribution in [0.5, 0.6) is 0 Å². The van der Waals surface area contributed by atoms with Crippen LogP contribution in [-0.2, 0) is 0 Å². The zero-order valence-electron chi connectivity index (χ0n) is 12.3. The molecule has 1 aliphatic heterocycles. The maximum atomic E-state index is 12.5. The lowest BCUT2D eigenvalue weighted by Crippen LogP contribution is -2.24. The third-order valence-electron chi connectivity index (χ3n) is 4.12. The molecule has 23 heavy (non-hydrogen) atoms. The van der Waals surface area contributed by atoms with Crippen molar-refractivity contribution in [2.75, 3.05) is 7.05 Å². The number of nitrogens with zero attached hydrogens (tertiary/aromatic N) is 3. The Morgan fingerprint density at radius 3 is 2.70 bits per heavy atom. The zero-order valence-corrected chi connectivity index (χ0v) is 13.1. The highest BCUT2D eigenvalue weighted by molar-refractivity contribution is 6.30. The number of aromatic nitrogens is 3. The fraction of sp³-hybridized carbons (Fsp3) is 0.118. The second-order valence-corrected chi connectivity index (χ2v) is 5.91. The quantitative estimate of drug-likeness (QED) is 0.786. The summed E-state index contributed by atoms with van der Waals surface area (Å²) in [6, 6.07) is 11.1. The molecular formula is C17H13ClN4O. The van der Waals surface area contributed by atoms with E-state index in [4.69, 9.17) is 11.6 Å². The Balaban J connectivity index is 1.90. The van der Waals surface area contributed by atoms with Crippen LogP contribution in [0.3, 0.4) is 0 Å². The van der Waals surface area contributed by atoms with Gasteiger partial charge in [0.2, 0.25) is 0 Å². The number of hydrogen-bond acceptors (Lipinski definition) is 3. The van der Waals surface area contributed by atoms with E-state index in [1.54, 1.807) is 24.3 Å². The van der Waals surface area contributed by atoms with Crippen LogP contribution in [0.25, 0.3) is 11.3 Å². The number of carbonyl (C=O) groups excluding carboxylic acids is 1. The fourth-order valence-corrected chi connectivity index (χ4v) is 3.15. The van der Waals surface area contributed by atoms with Gasteiger partial charge in [0.1, 0.15) is 5.69 Å². The zero-order chi connectivity index (χ0) is 16.0. The molecule has 4 rings (SSSR count). The molecule has 114 valence electrons. The van der Waals surface area contributed by atoms with Crippen molar-refractivity contribution in [1.29, 1.82) is 0 Å². The van der Waals surface area contributed by atoms with Crippen LogP contribution < -0.4 is 0 Å². The number of hydrogen-bond donors (Lipinski definition) is 1. The van der Waals surface area contributed by atoms with Crippen LogP contribution in [0, 0.1) is 0 Å². The van der Waals surface area contributed by atoms with Crippen molar-refractivity contribution in [3.63, 3.8) is 0 Å². The highest BCUT2D eigenvalue weighted by atomic mass is 35.5. The number of amides is 1. The Bertz CT molecular complexity index is 873. The minimum Gasteiger partial charge on any atom is -0.329 e. The van der Waals surface area contributed by atoms with E-state index >= 15 is 0 Å². The molecule has 5 nitrogen and oxygen atoms in total. The first-order valence-electron chi connectivity index (χ1n) is 7.18. The van der Waals surface area contributed by atoms with Crippen LogP contribution in [0.4, 0.5) is 0 Å². The molecule has 1 atom stereocenters. The summed E-state index contributed by atoms with van der Waals surface area (Å²) < 4.78 is 0. The van der Waals surface area contributed by atoms with Crippen LogP contribution in [0.1, 0.15) is 27.7 Å². The van der Waals surface area contributed by atoms with Crippen LogP contribution >= 0.6 is 11.6 Å². The molecule has 0 saturated heterocycles. The minimum absolute atomic E-state index is 0.0680. The molecule has 6 heteroatoms. The third kappa shape index (κ3) is 2.12. The summed E-state index contributed by atoms with van der Waals surface area (Å²) in [6.07, 6.45) is 3.50. The number of benzene rings is 1. The summed E-state index contributed by atoms with van der Waals surface area (Å²) in [5, 5.41) is 7.91. The molecule has 2 aromatic heterocycles. The average molecular weight is 325 g/mol. The number of fused-ring (bicyclic) bond motifs is 1. The molecule has 1 N–H and O–H groups in total. The van der Waals surface area contributed by atoms with Gasteiger partial charge in [-0.25, -0.2) is 0 Å². The molecule has 0 unspecified atom stereocenters. The maximum absolute atomic E-state index is 12.5. The molecule has 1 aliphatic rings. The number of carbonyl (C=O) groups is 1. The predicted molar refractivity (Wildman–Crippen MR) is 87.2 cm³/mol. The Hall–Kier alpha value is -2.66. The molecule has 0 spiro atoms. The Morgan fingerprint density at radius 1 is 1.22 bits per heavy atom. The SMILES string of the molecule is CN1C(=O)c2[nH]nc(-c3ccc(Cl)cc3)c2[C@@H]1c1cccnc1. The molecule has 0 radical (unpaired) electrons. The molecule has 0 aliphatic carbocycles. The summed E-state index contributed by atoms with van der Waals surface area (Å²) in [4.78, 5) is 18.4. The van der Waals surface area contributed by atoms with E-state index < -0.39 is 0 Å². The van der Waals surface area contributed by atoms with Gasteiger partial charge in [0.15, 0.2) is 0 Å². The number of rotatable bonds is 2. The second kappa shape index (κ2) is 5.21. The van der Waals surface area contributed by atoms with Crippen molar-refractivity contribution >= 4 is 17.5 Å². The third-order valence-corrected chi connectivity index (χ3v) is 4.37. The Morgan fingerprint density at radius 2 is 2.00 bits per heavy atom. The number of aromatic amines is 1. The number of H-pyrrole nitrogens is 1. The fourth-order valence-electron chi connectivity index (χ4n) is 3.02. The summed E-state index contributed by atoms with van der Waals surface area (Å²) in [7, 11) is 1.79. The number of pyridine rings is 1. The van der Waals surface area contributed by atoms with Crippen molar-refractivity contribution in [3.05, 3.63) is 70.6 Å². The van der Waals surface area contributed by atoms with Gasteiger partial charge in [-0.3, -0.25) is 14.9 Å². The van der Waals surface area contributed by atoms with E-state index in [9.17, 15) is 4.79 Å². The van der Waals surface area contributed by atoms with Gasteiger partial charge in [0, 0.05) is 35.6 Å². The standard InChI is InChI=1S/C17H13ClN4O/c1-22-16(11-3-2-8-19-9-11)13-14(20-21-15(13)17(22)23)10-4-6-12(18)7-5-10/h2-9,16H,1H3,(H,20,21)/t16-/m0/s1. The van der Waals surface area contributed by atoms with Gasteiger partial charge < -0.3 is 4.90 Å². The van der Waals surface area contributed by atoms with Gasteiger partial charge in [0.25, 0.3) is 5.91 Å². The first-order valence-corrected chi connectivity index (χ1v) is 7.56. The van der Waals surface area contributed by atoms with Crippen LogP contribution in [0.15, 0.2) is 48.8 Å². The second-order valence-electron chi connectivity index (χ2n) is 5.47. The molecule has 0 saturated carbocycles. The molecule has 3 heterocycles. The normalized spacial score (nSPS) is 16.7.